The van der Waals surface area contributed by atoms with E-state index in [1.54, 1.807) is 0 Å². The van der Waals surface area contributed by atoms with Crippen LogP contribution in [0.15, 0.2) is 11.6 Å². The smallest absolute Gasteiger partial charge is 0.120 e. The summed E-state index contributed by atoms with van der Waals surface area (Å²) in [6.07, 6.45) is 13.1. The summed E-state index contributed by atoms with van der Waals surface area (Å²) in [6.45, 7) is 6.60. The highest BCUT2D eigenvalue weighted by Gasteiger charge is 1.98. The van der Waals surface area contributed by atoms with E-state index in [0.29, 0.717) is 12.3 Å². The topological polar surface area (TPSA) is 17.1 Å². The van der Waals surface area contributed by atoms with Crippen LogP contribution in [0.4, 0.5) is 0 Å². The predicted octanol–water partition coefficient (Wildman–Crippen LogP) is 4.91. The van der Waals surface area contributed by atoms with Crippen LogP contribution in [0.2, 0.25) is 0 Å². The molecule has 0 aliphatic carbocycles. The average molecular weight is 224 g/mol. The minimum Gasteiger partial charge on any atom is -0.303 e. The number of aldehydes is 1. The van der Waals surface area contributed by atoms with E-state index >= 15 is 0 Å². The highest BCUT2D eigenvalue weighted by molar-refractivity contribution is 5.49. The van der Waals surface area contributed by atoms with Crippen molar-refractivity contribution in [2.75, 3.05) is 0 Å². The van der Waals surface area contributed by atoms with Gasteiger partial charge in [-0.3, -0.25) is 0 Å². The van der Waals surface area contributed by atoms with Crippen LogP contribution in [0.5, 0.6) is 0 Å². The van der Waals surface area contributed by atoms with Crippen molar-refractivity contribution in [1.29, 1.82) is 0 Å². The molecule has 94 valence electrons. The van der Waals surface area contributed by atoms with E-state index in [1.165, 1.54) is 44.1 Å². The molecular weight excluding hydrogens is 196 g/mol. The lowest BCUT2D eigenvalue weighted by atomic mass is 10.0. The summed E-state index contributed by atoms with van der Waals surface area (Å²) in [5.41, 5.74) is 1.49. The quantitative estimate of drug-likeness (QED) is 0.293. The van der Waals surface area contributed by atoms with Gasteiger partial charge in [-0.05, 0) is 32.1 Å². The van der Waals surface area contributed by atoms with E-state index in [4.69, 9.17) is 0 Å². The van der Waals surface area contributed by atoms with E-state index in [-0.39, 0.29) is 0 Å². The second kappa shape index (κ2) is 10.9. The Kier molecular flexibility index (Phi) is 10.5. The van der Waals surface area contributed by atoms with Gasteiger partial charge in [0.15, 0.2) is 0 Å². The maximum Gasteiger partial charge on any atom is 0.120 e. The molecule has 1 nitrogen and oxygen atoms in total. The fourth-order valence-corrected chi connectivity index (χ4v) is 1.77. The summed E-state index contributed by atoms with van der Waals surface area (Å²) in [4.78, 5) is 10.3. The van der Waals surface area contributed by atoms with Gasteiger partial charge >= 0.3 is 0 Å². The molecule has 0 saturated carbocycles. The van der Waals surface area contributed by atoms with Gasteiger partial charge in [0.25, 0.3) is 0 Å². The first-order chi connectivity index (χ1) is 7.70. The Morgan fingerprint density at radius 3 is 2.44 bits per heavy atom. The molecule has 0 N–H and O–H groups in total. The number of carbonyl (C=O) groups excluding carboxylic acids is 1. The molecule has 0 aromatic heterocycles. The number of hydrogen-bond donors (Lipinski definition) is 0. The number of rotatable bonds is 10. The van der Waals surface area contributed by atoms with Crippen molar-refractivity contribution in [3.8, 4) is 0 Å². The van der Waals surface area contributed by atoms with Gasteiger partial charge in [-0.1, -0.05) is 51.2 Å². The zero-order valence-corrected chi connectivity index (χ0v) is 11.3. The van der Waals surface area contributed by atoms with Gasteiger partial charge in [0.2, 0.25) is 0 Å². The Hall–Kier alpha value is -0.590. The van der Waals surface area contributed by atoms with E-state index in [2.05, 4.69) is 26.8 Å². The fourth-order valence-electron chi connectivity index (χ4n) is 1.77. The average Bonchev–Trinajstić information content (AvgIpc) is 2.26. The third-order valence-electron chi connectivity index (χ3n) is 3.04. The molecule has 0 saturated heterocycles. The zero-order chi connectivity index (χ0) is 12.2. The molecule has 0 aliphatic heterocycles. The van der Waals surface area contributed by atoms with Crippen LogP contribution in [0.1, 0.15) is 72.1 Å². The standard InChI is InChI=1S/C15H28O/c1-4-5-6-7-8-9-14(2)10-11-15(3)12-13-16/h10,13,15H,4-9,11-12H2,1-3H3. The molecule has 0 rings (SSSR count). The lowest BCUT2D eigenvalue weighted by Gasteiger charge is -2.05. The highest BCUT2D eigenvalue weighted by Crippen LogP contribution is 2.14. The van der Waals surface area contributed by atoms with Gasteiger partial charge < -0.3 is 4.79 Å². The molecule has 0 aliphatic rings. The van der Waals surface area contributed by atoms with E-state index in [0.717, 1.165) is 12.7 Å². The second-order valence-electron chi connectivity index (χ2n) is 4.96. The van der Waals surface area contributed by atoms with Crippen molar-refractivity contribution < 1.29 is 4.79 Å². The number of allylic oxidation sites excluding steroid dienone is 2. The van der Waals surface area contributed by atoms with Gasteiger partial charge in [-0.15, -0.1) is 0 Å². The molecule has 0 radical (unpaired) electrons. The van der Waals surface area contributed by atoms with Crippen molar-refractivity contribution in [2.45, 2.75) is 72.1 Å². The Bertz CT molecular complexity index is 194. The third-order valence-corrected chi connectivity index (χ3v) is 3.04. The number of unbranched alkanes of at least 4 members (excludes halogenated alkanes) is 4. The van der Waals surface area contributed by atoms with Crippen molar-refractivity contribution in [3.05, 3.63) is 11.6 Å². The lowest BCUT2D eigenvalue weighted by Crippen LogP contribution is -1.93. The molecule has 0 aromatic carbocycles. The molecule has 0 bridgehead atoms. The van der Waals surface area contributed by atoms with Crippen LogP contribution in [0.3, 0.4) is 0 Å². The molecule has 0 amide bonds. The molecule has 0 aromatic rings. The molecule has 1 atom stereocenters. The SMILES string of the molecule is CCCCCCCC(C)=CCC(C)CC=O. The Balaban J connectivity index is 3.50. The number of carbonyl (C=O) groups is 1. The molecule has 0 spiro atoms. The summed E-state index contributed by atoms with van der Waals surface area (Å²) >= 11 is 0. The van der Waals surface area contributed by atoms with Crippen LogP contribution in [-0.4, -0.2) is 6.29 Å². The largest absolute Gasteiger partial charge is 0.303 e. The van der Waals surface area contributed by atoms with Crippen LogP contribution >= 0.6 is 0 Å². The van der Waals surface area contributed by atoms with Crippen LogP contribution < -0.4 is 0 Å². The Labute approximate surface area is 101 Å². The normalized spacial score (nSPS) is 13.8. The summed E-state index contributed by atoms with van der Waals surface area (Å²) in [7, 11) is 0. The first-order valence-electron chi connectivity index (χ1n) is 6.80. The number of hydrogen-bond acceptors (Lipinski definition) is 1. The van der Waals surface area contributed by atoms with Gasteiger partial charge in [0.05, 0.1) is 0 Å². The molecule has 0 fully saturated rings. The van der Waals surface area contributed by atoms with Gasteiger partial charge in [0, 0.05) is 6.42 Å². The van der Waals surface area contributed by atoms with Crippen molar-refractivity contribution >= 4 is 6.29 Å². The molecule has 16 heavy (non-hydrogen) atoms. The first-order valence-corrected chi connectivity index (χ1v) is 6.80. The van der Waals surface area contributed by atoms with Crippen LogP contribution in [0, 0.1) is 5.92 Å². The predicted molar refractivity (Wildman–Crippen MR) is 71.6 cm³/mol. The molecular formula is C15H28O. The first kappa shape index (κ1) is 15.4. The lowest BCUT2D eigenvalue weighted by molar-refractivity contribution is -0.108. The third kappa shape index (κ3) is 9.95. The zero-order valence-electron chi connectivity index (χ0n) is 11.3. The van der Waals surface area contributed by atoms with Gasteiger partial charge in [-0.2, -0.15) is 0 Å². The summed E-state index contributed by atoms with van der Waals surface area (Å²) in [5.74, 6) is 0.507. The van der Waals surface area contributed by atoms with E-state index < -0.39 is 0 Å². The summed E-state index contributed by atoms with van der Waals surface area (Å²) < 4.78 is 0. The second-order valence-corrected chi connectivity index (χ2v) is 4.96. The Morgan fingerprint density at radius 2 is 1.81 bits per heavy atom. The van der Waals surface area contributed by atoms with Gasteiger partial charge in [-0.25, -0.2) is 0 Å². The minimum atomic E-state index is 0.507. The molecule has 1 unspecified atom stereocenters. The maximum atomic E-state index is 10.3. The molecule has 0 heterocycles. The van der Waals surface area contributed by atoms with Crippen LogP contribution in [-0.2, 0) is 4.79 Å². The van der Waals surface area contributed by atoms with E-state index in [1.807, 2.05) is 0 Å². The van der Waals surface area contributed by atoms with Crippen molar-refractivity contribution in [2.24, 2.45) is 5.92 Å². The summed E-state index contributed by atoms with van der Waals surface area (Å²) in [5, 5.41) is 0. The maximum absolute atomic E-state index is 10.3. The summed E-state index contributed by atoms with van der Waals surface area (Å²) in [6, 6.07) is 0. The van der Waals surface area contributed by atoms with Crippen LogP contribution in [0.25, 0.3) is 0 Å². The highest BCUT2D eigenvalue weighted by atomic mass is 16.1. The van der Waals surface area contributed by atoms with Crippen molar-refractivity contribution in [3.63, 3.8) is 0 Å². The van der Waals surface area contributed by atoms with Crippen molar-refractivity contribution in [1.82, 2.24) is 0 Å². The van der Waals surface area contributed by atoms with E-state index in [9.17, 15) is 4.79 Å². The van der Waals surface area contributed by atoms with Gasteiger partial charge in [0.1, 0.15) is 6.29 Å². The Morgan fingerprint density at radius 1 is 1.12 bits per heavy atom. The fraction of sp³-hybridized carbons (Fsp3) is 0.800. The molecule has 1 heteroatoms. The minimum absolute atomic E-state index is 0.507. The monoisotopic (exact) mass is 224 g/mol.